The van der Waals surface area contributed by atoms with E-state index < -0.39 is 0 Å². The molecule has 2 aromatic carbocycles. The van der Waals surface area contributed by atoms with Gasteiger partial charge in [-0.2, -0.15) is 0 Å². The summed E-state index contributed by atoms with van der Waals surface area (Å²) in [4.78, 5) is 2.17. The third kappa shape index (κ3) is 4.25. The third-order valence-electron chi connectivity index (χ3n) is 3.38. The first kappa shape index (κ1) is 14.9. The Hall–Kier alpha value is -2.48. The molecule has 0 radical (unpaired) electrons. The van der Waals surface area contributed by atoms with Crippen LogP contribution in [0.5, 0.6) is 0 Å². The summed E-state index contributed by atoms with van der Waals surface area (Å²) in [6, 6.07) is 20.6. The van der Waals surface area contributed by atoms with E-state index in [1.54, 1.807) is 0 Å². The van der Waals surface area contributed by atoms with E-state index in [4.69, 9.17) is 0 Å². The Bertz CT molecular complexity index is 575. The molecule has 0 heterocycles. The molecule has 0 aromatic heterocycles. The molecular weight excluding hydrogens is 256 g/mol. The quantitative estimate of drug-likeness (QED) is 0.765. The molecule has 0 amide bonds. The maximum Gasteiger partial charge on any atom is 0.0692 e. The molecule has 0 spiro atoms. The lowest BCUT2D eigenvalue weighted by molar-refractivity contribution is 0.696. The Balaban J connectivity index is 1.96. The van der Waals surface area contributed by atoms with E-state index in [1.165, 1.54) is 11.3 Å². The number of rotatable bonds is 7. The molecule has 2 heteroatoms. The highest BCUT2D eigenvalue weighted by atomic mass is 15.1. The zero-order valence-electron chi connectivity index (χ0n) is 12.5. The SMILES string of the molecule is C=C[C@@H](NC(=C)CN(C)c1ccccc1)c1ccccc1. The number of hydrogen-bond acceptors (Lipinski definition) is 2. The maximum atomic E-state index is 4.13. The van der Waals surface area contributed by atoms with Gasteiger partial charge in [0, 0.05) is 18.4 Å². The van der Waals surface area contributed by atoms with Crippen molar-refractivity contribution in [3.63, 3.8) is 0 Å². The van der Waals surface area contributed by atoms with E-state index in [0.717, 1.165) is 12.2 Å². The minimum atomic E-state index is 0.0860. The highest BCUT2D eigenvalue weighted by Crippen LogP contribution is 2.16. The monoisotopic (exact) mass is 278 g/mol. The Morgan fingerprint density at radius 3 is 2.24 bits per heavy atom. The van der Waals surface area contributed by atoms with Gasteiger partial charge in [-0.3, -0.25) is 0 Å². The number of nitrogens with zero attached hydrogens (tertiary/aromatic N) is 1. The van der Waals surface area contributed by atoms with E-state index in [-0.39, 0.29) is 6.04 Å². The van der Waals surface area contributed by atoms with Gasteiger partial charge in [0.2, 0.25) is 0 Å². The Morgan fingerprint density at radius 2 is 1.67 bits per heavy atom. The van der Waals surface area contributed by atoms with Crippen LogP contribution in [0, 0.1) is 0 Å². The first-order valence-corrected chi connectivity index (χ1v) is 7.08. The minimum absolute atomic E-state index is 0.0860. The molecular formula is C19H22N2. The molecule has 21 heavy (non-hydrogen) atoms. The van der Waals surface area contributed by atoms with Gasteiger partial charge in [-0.1, -0.05) is 61.2 Å². The average molecular weight is 278 g/mol. The lowest BCUT2D eigenvalue weighted by atomic mass is 10.1. The summed E-state index contributed by atoms with van der Waals surface area (Å²) in [5.41, 5.74) is 3.33. The predicted molar refractivity (Wildman–Crippen MR) is 91.4 cm³/mol. The van der Waals surface area contributed by atoms with Crippen molar-refractivity contribution in [3.8, 4) is 0 Å². The molecule has 0 saturated heterocycles. The molecule has 0 saturated carbocycles. The number of anilines is 1. The van der Waals surface area contributed by atoms with Gasteiger partial charge < -0.3 is 10.2 Å². The van der Waals surface area contributed by atoms with Gasteiger partial charge in [0.25, 0.3) is 0 Å². The van der Waals surface area contributed by atoms with E-state index in [1.807, 2.05) is 42.5 Å². The second-order valence-corrected chi connectivity index (χ2v) is 5.06. The van der Waals surface area contributed by atoms with Gasteiger partial charge in [-0.25, -0.2) is 0 Å². The van der Waals surface area contributed by atoms with Gasteiger partial charge in [-0.15, -0.1) is 6.58 Å². The van der Waals surface area contributed by atoms with Gasteiger partial charge in [-0.05, 0) is 17.7 Å². The molecule has 2 aromatic rings. The number of likely N-dealkylation sites (N-methyl/N-ethyl adjacent to an activating group) is 1. The first-order chi connectivity index (χ1) is 10.2. The molecule has 0 unspecified atom stereocenters. The molecule has 1 N–H and O–H groups in total. The predicted octanol–water partition coefficient (Wildman–Crippen LogP) is 4.15. The largest absolute Gasteiger partial charge is 0.377 e. The molecule has 108 valence electrons. The Kier molecular flexibility index (Phi) is 5.22. The van der Waals surface area contributed by atoms with Crippen LogP contribution >= 0.6 is 0 Å². The standard InChI is InChI=1S/C19H22N2/c1-4-19(17-11-7-5-8-12-17)20-16(2)15-21(3)18-13-9-6-10-14-18/h4-14,19-20H,1-2,15H2,3H3/t19-/m1/s1. The highest BCUT2D eigenvalue weighted by Gasteiger charge is 2.09. The van der Waals surface area contributed by atoms with Gasteiger partial charge >= 0.3 is 0 Å². The van der Waals surface area contributed by atoms with E-state index in [2.05, 4.69) is 54.7 Å². The van der Waals surface area contributed by atoms with Crippen LogP contribution in [-0.4, -0.2) is 13.6 Å². The fraction of sp³-hybridized carbons (Fsp3) is 0.158. The van der Waals surface area contributed by atoms with Gasteiger partial charge in [0.05, 0.1) is 12.6 Å². The molecule has 0 aliphatic carbocycles. The molecule has 2 nitrogen and oxygen atoms in total. The summed E-state index contributed by atoms with van der Waals surface area (Å²) < 4.78 is 0. The molecule has 0 aliphatic heterocycles. The lowest BCUT2D eigenvalue weighted by Gasteiger charge is -2.24. The highest BCUT2D eigenvalue weighted by molar-refractivity contribution is 5.46. The molecule has 0 aliphatic rings. The van der Waals surface area contributed by atoms with Crippen LogP contribution in [0.15, 0.2) is 85.6 Å². The van der Waals surface area contributed by atoms with Gasteiger partial charge in [0.1, 0.15) is 0 Å². The zero-order chi connectivity index (χ0) is 15.1. The van der Waals surface area contributed by atoms with Crippen molar-refractivity contribution in [2.24, 2.45) is 0 Å². The summed E-state index contributed by atoms with van der Waals surface area (Å²) in [5.74, 6) is 0. The number of benzene rings is 2. The van der Waals surface area contributed by atoms with Crippen LogP contribution in [0.4, 0.5) is 5.69 Å². The second kappa shape index (κ2) is 7.34. The van der Waals surface area contributed by atoms with Crippen LogP contribution in [-0.2, 0) is 0 Å². The lowest BCUT2D eigenvalue weighted by Crippen LogP contribution is -2.28. The summed E-state index contributed by atoms with van der Waals surface area (Å²) in [6.45, 7) is 8.79. The second-order valence-electron chi connectivity index (χ2n) is 5.06. The van der Waals surface area contributed by atoms with Crippen LogP contribution < -0.4 is 10.2 Å². The summed E-state index contributed by atoms with van der Waals surface area (Å²) in [6.07, 6.45) is 1.91. The summed E-state index contributed by atoms with van der Waals surface area (Å²) in [7, 11) is 2.06. The Morgan fingerprint density at radius 1 is 1.10 bits per heavy atom. The van der Waals surface area contributed by atoms with Crippen molar-refractivity contribution in [1.82, 2.24) is 5.32 Å². The van der Waals surface area contributed by atoms with E-state index >= 15 is 0 Å². The van der Waals surface area contributed by atoms with E-state index in [0.29, 0.717) is 0 Å². The normalized spacial score (nSPS) is 11.5. The number of hydrogen-bond donors (Lipinski definition) is 1. The smallest absolute Gasteiger partial charge is 0.0692 e. The first-order valence-electron chi connectivity index (χ1n) is 7.08. The minimum Gasteiger partial charge on any atom is -0.377 e. The maximum absolute atomic E-state index is 4.13. The van der Waals surface area contributed by atoms with Crippen molar-refractivity contribution >= 4 is 5.69 Å². The number of para-hydroxylation sites is 1. The van der Waals surface area contributed by atoms with Crippen LogP contribution in [0.25, 0.3) is 0 Å². The molecule has 0 fully saturated rings. The van der Waals surface area contributed by atoms with Crippen LogP contribution in [0.3, 0.4) is 0 Å². The third-order valence-corrected chi connectivity index (χ3v) is 3.38. The molecule has 0 bridgehead atoms. The van der Waals surface area contributed by atoms with Crippen LogP contribution in [0.2, 0.25) is 0 Å². The van der Waals surface area contributed by atoms with Crippen molar-refractivity contribution < 1.29 is 0 Å². The zero-order valence-corrected chi connectivity index (χ0v) is 12.5. The summed E-state index contributed by atoms with van der Waals surface area (Å²) in [5, 5.41) is 3.43. The van der Waals surface area contributed by atoms with Crippen molar-refractivity contribution in [2.75, 3.05) is 18.5 Å². The molecule has 2 rings (SSSR count). The van der Waals surface area contributed by atoms with Crippen LogP contribution in [0.1, 0.15) is 11.6 Å². The van der Waals surface area contributed by atoms with Crippen molar-refractivity contribution in [3.05, 3.63) is 91.2 Å². The fourth-order valence-corrected chi connectivity index (χ4v) is 2.26. The summed E-state index contributed by atoms with van der Waals surface area (Å²) >= 11 is 0. The van der Waals surface area contributed by atoms with Gasteiger partial charge in [0.15, 0.2) is 0 Å². The number of nitrogens with one attached hydrogen (secondary N) is 1. The van der Waals surface area contributed by atoms with E-state index in [9.17, 15) is 0 Å². The van der Waals surface area contributed by atoms with Crippen molar-refractivity contribution in [1.29, 1.82) is 0 Å². The fourth-order valence-electron chi connectivity index (χ4n) is 2.26. The molecule has 1 atom stereocenters. The Labute approximate surface area is 127 Å². The average Bonchev–Trinajstić information content (AvgIpc) is 2.54. The van der Waals surface area contributed by atoms with Crippen molar-refractivity contribution in [2.45, 2.75) is 6.04 Å². The topological polar surface area (TPSA) is 15.3 Å².